The Kier molecular flexibility index (Phi) is 15.3. The van der Waals surface area contributed by atoms with E-state index in [1.54, 1.807) is 5.71 Å². The van der Waals surface area contributed by atoms with Crippen molar-refractivity contribution in [3.8, 4) is 0 Å². The van der Waals surface area contributed by atoms with Crippen LogP contribution in [0.4, 0.5) is 0 Å². The molecule has 0 N–H and O–H groups in total. The highest BCUT2D eigenvalue weighted by Crippen LogP contribution is 2.20. The molecule has 0 radical (unpaired) electrons. The van der Waals surface area contributed by atoms with Crippen molar-refractivity contribution in [1.29, 1.82) is 0 Å². The summed E-state index contributed by atoms with van der Waals surface area (Å²) in [5, 5.41) is 0. The van der Waals surface area contributed by atoms with Crippen LogP contribution < -0.4 is 0 Å². The van der Waals surface area contributed by atoms with Crippen LogP contribution in [-0.4, -0.2) is 24.4 Å². The lowest BCUT2D eigenvalue weighted by molar-refractivity contribution is -0.467. The molecule has 1 fully saturated rings. The molecule has 0 aromatic heterocycles. The number of nitrogens with zero attached hydrogens (tertiary/aromatic N) is 1. The summed E-state index contributed by atoms with van der Waals surface area (Å²) in [4.78, 5) is 0. The molecule has 0 atom stereocenters. The quantitative estimate of drug-likeness (QED) is 0.392. The monoisotopic (exact) mass is 424 g/mol. The lowest BCUT2D eigenvalue weighted by Gasteiger charge is -2.16. The Labute approximate surface area is 113 Å². The maximum atomic E-state index is 2.35. The second-order valence-corrected chi connectivity index (χ2v) is 3.64. The molecule has 14 heavy (non-hydrogen) atoms. The summed E-state index contributed by atoms with van der Waals surface area (Å²) in [5.74, 6) is 0.962. The van der Waals surface area contributed by atoms with Crippen LogP contribution in [0, 0.1) is 5.92 Å². The van der Waals surface area contributed by atoms with Crippen LogP contribution in [0.15, 0.2) is 0 Å². The van der Waals surface area contributed by atoms with Gasteiger partial charge in [-0.2, -0.15) is 0 Å². The van der Waals surface area contributed by atoms with E-state index in [1.165, 1.54) is 25.7 Å². The summed E-state index contributed by atoms with van der Waals surface area (Å²) in [5.41, 5.74) is 1.64. The Balaban J connectivity index is 0. The SMILES string of the molecule is CC.CC1CCC(=[N+](C)C)CC1.II. The van der Waals surface area contributed by atoms with Crippen LogP contribution >= 0.6 is 37.2 Å². The molecule has 0 saturated heterocycles. The van der Waals surface area contributed by atoms with Crippen LogP contribution in [0.25, 0.3) is 0 Å². The first-order valence-electron chi connectivity index (χ1n) is 5.36. The summed E-state index contributed by atoms with van der Waals surface area (Å²) >= 11 is 4.24. The zero-order valence-corrected chi connectivity index (χ0v) is 14.4. The first-order chi connectivity index (χ1) is 6.70. The predicted octanol–water partition coefficient (Wildman–Crippen LogP) is 4.71. The minimum atomic E-state index is 0.962. The summed E-state index contributed by atoms with van der Waals surface area (Å²) < 4.78 is 2.28. The smallest absolute Gasteiger partial charge is 0.151 e. The lowest BCUT2D eigenvalue weighted by Crippen LogP contribution is -2.19. The molecular formula is C11H24I2N+. The average Bonchev–Trinajstić information content (AvgIpc) is 2.24. The van der Waals surface area contributed by atoms with E-state index in [-0.39, 0.29) is 0 Å². The van der Waals surface area contributed by atoms with Gasteiger partial charge in [-0.05, 0) is 18.8 Å². The van der Waals surface area contributed by atoms with E-state index in [1.807, 2.05) is 13.8 Å². The van der Waals surface area contributed by atoms with Crippen molar-refractivity contribution in [3.05, 3.63) is 0 Å². The standard InChI is InChI=1S/C9H18N.C2H6.I2/c1-8-4-6-9(7-5-8)10(2)3;2*1-2/h8H,4-7H2,1-3H3;1-2H3;/q+1;;. The molecular weight excluding hydrogens is 400 g/mol. The van der Waals surface area contributed by atoms with Gasteiger partial charge < -0.3 is 0 Å². The zero-order chi connectivity index (χ0) is 11.6. The summed E-state index contributed by atoms with van der Waals surface area (Å²) in [7, 11) is 4.32. The first kappa shape index (κ1) is 17.5. The summed E-state index contributed by atoms with van der Waals surface area (Å²) in [6, 6.07) is 0. The predicted molar refractivity (Wildman–Crippen MR) is 84.1 cm³/mol. The molecule has 0 aliphatic heterocycles. The maximum Gasteiger partial charge on any atom is 0.151 e. The Morgan fingerprint density at radius 1 is 1.07 bits per heavy atom. The highest BCUT2D eigenvalue weighted by molar-refractivity contribution is 15.0. The molecule has 0 bridgehead atoms. The van der Waals surface area contributed by atoms with Gasteiger partial charge in [0.2, 0.25) is 0 Å². The largest absolute Gasteiger partial charge is 0.242 e. The molecule has 0 amide bonds. The van der Waals surface area contributed by atoms with Crippen molar-refractivity contribution in [1.82, 2.24) is 0 Å². The fourth-order valence-corrected chi connectivity index (χ4v) is 1.54. The second kappa shape index (κ2) is 12.2. The zero-order valence-electron chi connectivity index (χ0n) is 10.1. The van der Waals surface area contributed by atoms with E-state index >= 15 is 0 Å². The molecule has 3 heteroatoms. The molecule has 1 rings (SSSR count). The van der Waals surface area contributed by atoms with E-state index in [0.717, 1.165) is 5.92 Å². The van der Waals surface area contributed by atoms with Gasteiger partial charge in [0, 0.05) is 50.1 Å². The van der Waals surface area contributed by atoms with E-state index < -0.39 is 0 Å². The first-order valence-corrected chi connectivity index (χ1v) is 11.6. The molecule has 0 unspecified atom stereocenters. The summed E-state index contributed by atoms with van der Waals surface area (Å²) in [6.07, 6.45) is 5.45. The highest BCUT2D eigenvalue weighted by atomic mass is 128. The van der Waals surface area contributed by atoms with Crippen LogP contribution in [0.2, 0.25) is 0 Å². The van der Waals surface area contributed by atoms with Gasteiger partial charge in [-0.25, -0.2) is 4.58 Å². The maximum absolute atomic E-state index is 2.35. The van der Waals surface area contributed by atoms with E-state index in [9.17, 15) is 0 Å². The van der Waals surface area contributed by atoms with Gasteiger partial charge >= 0.3 is 0 Å². The van der Waals surface area contributed by atoms with Crippen molar-refractivity contribution < 1.29 is 4.58 Å². The molecule has 1 aliphatic rings. The number of hydrogen-bond donors (Lipinski definition) is 0. The van der Waals surface area contributed by atoms with Crippen LogP contribution in [0.1, 0.15) is 46.5 Å². The molecule has 1 aliphatic carbocycles. The van der Waals surface area contributed by atoms with Gasteiger partial charge in [0.15, 0.2) is 5.71 Å². The third kappa shape index (κ3) is 8.44. The van der Waals surface area contributed by atoms with Gasteiger partial charge in [-0.1, -0.05) is 20.8 Å². The third-order valence-electron chi connectivity index (χ3n) is 2.48. The van der Waals surface area contributed by atoms with E-state index in [0.29, 0.717) is 0 Å². The van der Waals surface area contributed by atoms with Crippen molar-refractivity contribution in [3.63, 3.8) is 0 Å². The summed E-state index contributed by atoms with van der Waals surface area (Å²) in [6.45, 7) is 6.35. The van der Waals surface area contributed by atoms with Gasteiger partial charge in [0.05, 0.1) is 0 Å². The topological polar surface area (TPSA) is 3.01 Å². The van der Waals surface area contributed by atoms with Crippen LogP contribution in [0.3, 0.4) is 0 Å². The Morgan fingerprint density at radius 3 is 1.71 bits per heavy atom. The third-order valence-corrected chi connectivity index (χ3v) is 2.48. The van der Waals surface area contributed by atoms with Gasteiger partial charge in [-0.3, -0.25) is 0 Å². The Bertz CT molecular complexity index is 141. The molecule has 86 valence electrons. The van der Waals surface area contributed by atoms with Gasteiger partial charge in [-0.15, -0.1) is 0 Å². The highest BCUT2D eigenvalue weighted by Gasteiger charge is 2.17. The minimum Gasteiger partial charge on any atom is -0.242 e. The number of hydrogen-bond acceptors (Lipinski definition) is 0. The van der Waals surface area contributed by atoms with Crippen LogP contribution in [0.5, 0.6) is 0 Å². The molecule has 1 nitrogen and oxygen atoms in total. The van der Waals surface area contributed by atoms with Crippen molar-refractivity contribution in [2.24, 2.45) is 5.92 Å². The van der Waals surface area contributed by atoms with Gasteiger partial charge in [0.1, 0.15) is 14.1 Å². The minimum absolute atomic E-state index is 0.962. The van der Waals surface area contributed by atoms with E-state index in [2.05, 4.69) is 62.8 Å². The van der Waals surface area contributed by atoms with E-state index in [4.69, 9.17) is 0 Å². The molecule has 0 aromatic carbocycles. The number of halogens is 2. The molecule has 0 heterocycles. The lowest BCUT2D eigenvalue weighted by atomic mass is 9.89. The normalized spacial score (nSPS) is 19.9. The van der Waals surface area contributed by atoms with Crippen molar-refractivity contribution in [2.75, 3.05) is 14.1 Å². The van der Waals surface area contributed by atoms with Crippen LogP contribution in [-0.2, 0) is 0 Å². The van der Waals surface area contributed by atoms with Crippen molar-refractivity contribution in [2.45, 2.75) is 46.5 Å². The molecule has 0 aromatic rings. The number of rotatable bonds is 0. The Morgan fingerprint density at radius 2 is 1.43 bits per heavy atom. The second-order valence-electron chi connectivity index (χ2n) is 3.64. The van der Waals surface area contributed by atoms with Crippen molar-refractivity contribution >= 4 is 42.9 Å². The fraction of sp³-hybridized carbons (Fsp3) is 0.909. The van der Waals surface area contributed by atoms with Gasteiger partial charge in [0.25, 0.3) is 0 Å². The fourth-order valence-electron chi connectivity index (χ4n) is 1.54. The molecule has 0 spiro atoms. The Hall–Kier alpha value is 1.13. The molecule has 1 saturated carbocycles. The average molecular weight is 424 g/mol.